The molecule has 3 nitrogen and oxygen atoms in total. The Balaban J connectivity index is 1.14. The van der Waals surface area contributed by atoms with Crippen molar-refractivity contribution in [3.63, 3.8) is 0 Å². The van der Waals surface area contributed by atoms with E-state index in [-0.39, 0.29) is 0 Å². The number of nitrogens with zero attached hydrogens (tertiary/aromatic N) is 3. The van der Waals surface area contributed by atoms with Gasteiger partial charge in [0.1, 0.15) is 0 Å². The van der Waals surface area contributed by atoms with Crippen LogP contribution >= 0.6 is 0 Å². The minimum absolute atomic E-state index is 0.950. The Morgan fingerprint density at radius 1 is 0.333 bits per heavy atom. The van der Waals surface area contributed by atoms with E-state index < -0.39 is 0 Å². The lowest BCUT2D eigenvalue weighted by Gasteiger charge is -2.16. The second-order valence-electron chi connectivity index (χ2n) is 14.5. The third kappa shape index (κ3) is 5.60. The van der Waals surface area contributed by atoms with E-state index >= 15 is 0 Å². The van der Waals surface area contributed by atoms with Crippen molar-refractivity contribution in [2.75, 3.05) is 0 Å². The van der Waals surface area contributed by atoms with Gasteiger partial charge < -0.3 is 4.57 Å². The van der Waals surface area contributed by atoms with Crippen molar-refractivity contribution in [3.05, 3.63) is 212 Å². The van der Waals surface area contributed by atoms with Crippen LogP contribution in [0, 0.1) is 0 Å². The van der Waals surface area contributed by atoms with E-state index in [4.69, 9.17) is 9.97 Å². The van der Waals surface area contributed by atoms with E-state index in [0.29, 0.717) is 0 Å². The highest BCUT2D eigenvalue weighted by atomic mass is 15.0. The number of aromatic nitrogens is 3. The molecule has 0 saturated carbocycles. The largest absolute Gasteiger partial charge is 0.307 e. The van der Waals surface area contributed by atoms with Crippen LogP contribution in [0.4, 0.5) is 0 Å². The molecule has 0 fully saturated rings. The summed E-state index contributed by atoms with van der Waals surface area (Å²) in [4.78, 5) is 10.6. The Hall–Kier alpha value is -7.62. The van der Waals surface area contributed by atoms with Gasteiger partial charge in [-0.25, -0.2) is 9.97 Å². The van der Waals surface area contributed by atoms with Gasteiger partial charge >= 0.3 is 0 Å². The van der Waals surface area contributed by atoms with Crippen LogP contribution in [0.2, 0.25) is 0 Å². The van der Waals surface area contributed by atoms with Gasteiger partial charge in [0, 0.05) is 38.5 Å². The number of fused-ring (bicyclic) bond motifs is 6. The molecule has 0 spiro atoms. The van der Waals surface area contributed by atoms with Crippen LogP contribution in [-0.2, 0) is 0 Å². The first-order chi connectivity index (χ1) is 28.3. The molecule has 0 aliphatic rings. The molecule has 0 N–H and O–H groups in total. The molecular formula is C54H35N3. The molecule has 57 heavy (non-hydrogen) atoms. The van der Waals surface area contributed by atoms with Crippen molar-refractivity contribution in [3.8, 4) is 61.7 Å². The van der Waals surface area contributed by atoms with Gasteiger partial charge in [0.05, 0.1) is 33.6 Å². The Morgan fingerprint density at radius 3 is 1.49 bits per heavy atom. The quantitative estimate of drug-likeness (QED) is 0.171. The van der Waals surface area contributed by atoms with E-state index in [0.717, 1.165) is 72.5 Å². The number of pyridine rings is 2. The van der Waals surface area contributed by atoms with Crippen LogP contribution < -0.4 is 0 Å². The summed E-state index contributed by atoms with van der Waals surface area (Å²) in [6, 6.07) is 75.5. The maximum absolute atomic E-state index is 5.52. The lowest BCUT2D eigenvalue weighted by molar-refractivity contribution is 1.17. The number of hydrogen-bond donors (Lipinski definition) is 0. The number of hydrogen-bond acceptors (Lipinski definition) is 2. The summed E-state index contributed by atoms with van der Waals surface area (Å²) in [5, 5.41) is 5.94. The molecule has 0 unspecified atom stereocenters. The maximum atomic E-state index is 5.52. The number of benzene rings is 8. The normalized spacial score (nSPS) is 11.5. The van der Waals surface area contributed by atoms with E-state index in [2.05, 4.69) is 205 Å². The SMILES string of the molecule is c1ccc(-c2cc(-c3ccc(-n4c5ccccc5c5c6ccccc6nc(-c6ccc(-c7ccccc7)c7ccccc67)c54)cc3)cc(-c3ccccc3)n2)cc1. The van der Waals surface area contributed by atoms with Crippen LogP contribution in [0.15, 0.2) is 212 Å². The molecule has 0 saturated heterocycles. The minimum Gasteiger partial charge on any atom is -0.307 e. The lowest BCUT2D eigenvalue weighted by Crippen LogP contribution is -1.98. The first-order valence-corrected chi connectivity index (χ1v) is 19.4. The van der Waals surface area contributed by atoms with Gasteiger partial charge in [-0.3, -0.25) is 0 Å². The highest BCUT2D eigenvalue weighted by Crippen LogP contribution is 2.44. The molecule has 0 atom stereocenters. The van der Waals surface area contributed by atoms with Gasteiger partial charge in [0.15, 0.2) is 0 Å². The minimum atomic E-state index is 0.950. The van der Waals surface area contributed by atoms with E-state index in [9.17, 15) is 0 Å². The maximum Gasteiger partial charge on any atom is 0.0962 e. The van der Waals surface area contributed by atoms with Crippen LogP contribution in [0.1, 0.15) is 0 Å². The van der Waals surface area contributed by atoms with Crippen LogP contribution in [-0.4, -0.2) is 14.5 Å². The van der Waals surface area contributed by atoms with Gasteiger partial charge in [-0.05, 0) is 69.4 Å². The molecule has 8 aromatic carbocycles. The molecule has 0 radical (unpaired) electrons. The summed E-state index contributed by atoms with van der Waals surface area (Å²) in [7, 11) is 0. The molecular weight excluding hydrogens is 691 g/mol. The smallest absolute Gasteiger partial charge is 0.0962 e. The standard InChI is InChI=1S/C54H35N3/c1-4-16-37(17-5-1)42-32-33-45(44-23-11-10-22-43(42)44)53-54-52(46-24-12-14-26-48(46)56-53)47-25-13-15-27-51(47)57(54)41-30-28-36(29-31-41)40-34-49(38-18-6-2-7-19-38)55-50(35-40)39-20-8-3-9-21-39/h1-35H. The zero-order valence-electron chi connectivity index (χ0n) is 31.0. The molecule has 3 heteroatoms. The summed E-state index contributed by atoms with van der Waals surface area (Å²) in [5.41, 5.74) is 15.1. The Morgan fingerprint density at radius 2 is 0.842 bits per heavy atom. The van der Waals surface area contributed by atoms with E-state index in [1.54, 1.807) is 0 Å². The second kappa shape index (κ2) is 13.6. The molecule has 0 amide bonds. The molecule has 0 aliphatic carbocycles. The summed E-state index contributed by atoms with van der Waals surface area (Å²) in [5.74, 6) is 0. The first kappa shape index (κ1) is 32.8. The zero-order valence-corrected chi connectivity index (χ0v) is 31.0. The van der Waals surface area contributed by atoms with Crippen LogP contribution in [0.5, 0.6) is 0 Å². The van der Waals surface area contributed by atoms with Crippen molar-refractivity contribution in [1.29, 1.82) is 0 Å². The summed E-state index contributed by atoms with van der Waals surface area (Å²) < 4.78 is 2.42. The predicted molar refractivity (Wildman–Crippen MR) is 239 cm³/mol. The molecule has 3 aromatic heterocycles. The fraction of sp³-hybridized carbons (Fsp3) is 0. The number of rotatable bonds is 6. The van der Waals surface area contributed by atoms with E-state index in [1.807, 2.05) is 12.1 Å². The molecule has 11 aromatic rings. The second-order valence-corrected chi connectivity index (χ2v) is 14.5. The van der Waals surface area contributed by atoms with Gasteiger partial charge in [-0.15, -0.1) is 0 Å². The van der Waals surface area contributed by atoms with Crippen molar-refractivity contribution in [2.24, 2.45) is 0 Å². The Labute approximate surface area is 330 Å². The number of para-hydroxylation sites is 2. The summed E-state index contributed by atoms with van der Waals surface area (Å²) in [6.07, 6.45) is 0. The molecule has 266 valence electrons. The van der Waals surface area contributed by atoms with Crippen molar-refractivity contribution >= 4 is 43.5 Å². The fourth-order valence-corrected chi connectivity index (χ4v) is 8.54. The van der Waals surface area contributed by atoms with Gasteiger partial charge in [0.25, 0.3) is 0 Å². The van der Waals surface area contributed by atoms with Crippen molar-refractivity contribution in [2.45, 2.75) is 0 Å². The van der Waals surface area contributed by atoms with Crippen LogP contribution in [0.25, 0.3) is 105 Å². The zero-order chi connectivity index (χ0) is 37.7. The topological polar surface area (TPSA) is 30.7 Å². The average Bonchev–Trinajstić information content (AvgIpc) is 3.65. The Bertz CT molecular complexity index is 3200. The fourth-order valence-electron chi connectivity index (χ4n) is 8.54. The van der Waals surface area contributed by atoms with E-state index in [1.165, 1.54) is 32.7 Å². The monoisotopic (exact) mass is 725 g/mol. The van der Waals surface area contributed by atoms with Crippen LogP contribution in [0.3, 0.4) is 0 Å². The third-order valence-corrected chi connectivity index (χ3v) is 11.2. The average molecular weight is 726 g/mol. The molecule has 11 rings (SSSR count). The van der Waals surface area contributed by atoms with Crippen molar-refractivity contribution < 1.29 is 0 Å². The van der Waals surface area contributed by atoms with Crippen molar-refractivity contribution in [1.82, 2.24) is 14.5 Å². The highest BCUT2D eigenvalue weighted by Gasteiger charge is 2.22. The van der Waals surface area contributed by atoms with Gasteiger partial charge in [0.2, 0.25) is 0 Å². The highest BCUT2D eigenvalue weighted by molar-refractivity contribution is 6.24. The summed E-state index contributed by atoms with van der Waals surface area (Å²) in [6.45, 7) is 0. The molecule has 0 aliphatic heterocycles. The predicted octanol–water partition coefficient (Wildman–Crippen LogP) is 14.2. The first-order valence-electron chi connectivity index (χ1n) is 19.4. The lowest BCUT2D eigenvalue weighted by atomic mass is 9.93. The molecule has 0 bridgehead atoms. The Kier molecular flexibility index (Phi) is 7.82. The van der Waals surface area contributed by atoms with Gasteiger partial charge in [-0.1, -0.05) is 176 Å². The third-order valence-electron chi connectivity index (χ3n) is 11.2. The molecule has 3 heterocycles. The summed E-state index contributed by atoms with van der Waals surface area (Å²) >= 11 is 0. The van der Waals surface area contributed by atoms with Gasteiger partial charge in [-0.2, -0.15) is 0 Å².